The number of carboxylic acids is 1. The molecular weight excluding hydrogens is 266 g/mol. The Hall–Kier alpha value is -2.74. The van der Waals surface area contributed by atoms with Crippen molar-refractivity contribution in [2.45, 2.75) is 6.04 Å². The van der Waals surface area contributed by atoms with E-state index in [9.17, 15) is 14.4 Å². The number of nitrogens with one attached hydrogen (secondary N) is 2. The fourth-order valence-electron chi connectivity index (χ4n) is 1.70. The molecule has 0 unspecified atom stereocenters. The van der Waals surface area contributed by atoms with Crippen molar-refractivity contribution in [1.29, 1.82) is 0 Å². The minimum atomic E-state index is -1.44. The third kappa shape index (κ3) is 2.50. The van der Waals surface area contributed by atoms with Crippen LogP contribution in [0.3, 0.4) is 0 Å². The third-order valence-corrected chi connectivity index (χ3v) is 2.70. The van der Waals surface area contributed by atoms with Gasteiger partial charge in [0, 0.05) is 5.39 Å². The van der Waals surface area contributed by atoms with E-state index < -0.39 is 30.1 Å². The van der Waals surface area contributed by atoms with E-state index in [2.05, 4.69) is 15.5 Å². The zero-order valence-electron chi connectivity index (χ0n) is 10.2. The summed E-state index contributed by atoms with van der Waals surface area (Å²) in [4.78, 5) is 34.3. The van der Waals surface area contributed by atoms with Crippen molar-refractivity contribution in [2.24, 2.45) is 0 Å². The van der Waals surface area contributed by atoms with Gasteiger partial charge in [0.25, 0.3) is 11.5 Å². The quantitative estimate of drug-likeness (QED) is 0.572. The molecular formula is C12H11N3O5. The number of carboxylic acid groups (broad SMARTS) is 1. The lowest BCUT2D eigenvalue weighted by atomic mass is 10.1. The molecule has 1 atom stereocenters. The number of aliphatic carboxylic acids is 1. The van der Waals surface area contributed by atoms with Gasteiger partial charge in [-0.15, -0.1) is 0 Å². The number of carbonyl (C=O) groups is 2. The second kappa shape index (κ2) is 5.49. The van der Waals surface area contributed by atoms with Crippen LogP contribution in [0.5, 0.6) is 0 Å². The van der Waals surface area contributed by atoms with Crippen molar-refractivity contribution in [3.8, 4) is 0 Å². The first-order valence-electron chi connectivity index (χ1n) is 5.66. The van der Waals surface area contributed by atoms with Gasteiger partial charge in [-0.1, -0.05) is 18.2 Å². The van der Waals surface area contributed by atoms with E-state index in [0.29, 0.717) is 5.39 Å². The molecule has 2 aromatic rings. The number of carbonyl (C=O) groups excluding carboxylic acids is 1. The molecule has 8 nitrogen and oxygen atoms in total. The fourth-order valence-corrected chi connectivity index (χ4v) is 1.70. The third-order valence-electron chi connectivity index (χ3n) is 2.70. The van der Waals surface area contributed by atoms with Gasteiger partial charge in [0.2, 0.25) is 0 Å². The number of amides is 1. The first kappa shape index (κ1) is 13.7. The van der Waals surface area contributed by atoms with E-state index in [1.54, 1.807) is 12.1 Å². The number of aromatic nitrogens is 2. The van der Waals surface area contributed by atoms with Gasteiger partial charge in [0.1, 0.15) is 0 Å². The van der Waals surface area contributed by atoms with Crippen molar-refractivity contribution < 1.29 is 19.8 Å². The highest BCUT2D eigenvalue weighted by atomic mass is 16.4. The van der Waals surface area contributed by atoms with Gasteiger partial charge in [-0.05, 0) is 6.07 Å². The van der Waals surface area contributed by atoms with E-state index in [4.69, 9.17) is 10.2 Å². The van der Waals surface area contributed by atoms with Gasteiger partial charge in [-0.3, -0.25) is 9.59 Å². The Morgan fingerprint density at radius 2 is 1.95 bits per heavy atom. The molecule has 0 saturated heterocycles. The number of hydrogen-bond acceptors (Lipinski definition) is 5. The number of benzene rings is 1. The molecule has 20 heavy (non-hydrogen) atoms. The minimum absolute atomic E-state index is 0.111. The van der Waals surface area contributed by atoms with Crippen LogP contribution in [0.15, 0.2) is 29.1 Å². The van der Waals surface area contributed by atoms with Gasteiger partial charge in [0.15, 0.2) is 11.7 Å². The number of aromatic amines is 1. The topological polar surface area (TPSA) is 132 Å². The minimum Gasteiger partial charge on any atom is -0.480 e. The lowest BCUT2D eigenvalue weighted by Gasteiger charge is -2.11. The van der Waals surface area contributed by atoms with E-state index in [1.165, 1.54) is 12.1 Å². The highest BCUT2D eigenvalue weighted by Gasteiger charge is 2.22. The van der Waals surface area contributed by atoms with Crippen LogP contribution in [0.1, 0.15) is 10.5 Å². The predicted molar refractivity (Wildman–Crippen MR) is 68.3 cm³/mol. The van der Waals surface area contributed by atoms with Crippen LogP contribution in [0.4, 0.5) is 0 Å². The second-order valence-corrected chi connectivity index (χ2v) is 3.99. The molecule has 0 spiro atoms. The normalized spacial score (nSPS) is 12.1. The Kier molecular flexibility index (Phi) is 3.76. The molecule has 0 aliphatic carbocycles. The zero-order valence-corrected chi connectivity index (χ0v) is 10.2. The maximum absolute atomic E-state index is 12.0. The number of aliphatic hydroxyl groups excluding tert-OH is 1. The maximum Gasteiger partial charge on any atom is 0.328 e. The number of H-pyrrole nitrogens is 1. The Balaban J connectivity index is 2.43. The maximum atomic E-state index is 12.0. The van der Waals surface area contributed by atoms with Crippen LogP contribution in [0.25, 0.3) is 10.8 Å². The molecule has 1 heterocycles. The van der Waals surface area contributed by atoms with Crippen molar-refractivity contribution in [2.75, 3.05) is 6.61 Å². The molecule has 0 fully saturated rings. The molecule has 104 valence electrons. The monoisotopic (exact) mass is 277 g/mol. The lowest BCUT2D eigenvalue weighted by Crippen LogP contribution is -2.43. The summed E-state index contributed by atoms with van der Waals surface area (Å²) in [5, 5.41) is 26.1. The summed E-state index contributed by atoms with van der Waals surface area (Å²) in [7, 11) is 0. The van der Waals surface area contributed by atoms with E-state index in [0.717, 1.165) is 0 Å². The molecule has 1 aromatic carbocycles. The summed E-state index contributed by atoms with van der Waals surface area (Å²) >= 11 is 0. The Morgan fingerprint density at radius 1 is 1.30 bits per heavy atom. The Bertz CT molecular complexity index is 724. The molecule has 0 bridgehead atoms. The van der Waals surface area contributed by atoms with E-state index in [1.807, 2.05) is 0 Å². The van der Waals surface area contributed by atoms with Crippen LogP contribution >= 0.6 is 0 Å². The smallest absolute Gasteiger partial charge is 0.328 e. The highest BCUT2D eigenvalue weighted by molar-refractivity contribution is 6.05. The van der Waals surface area contributed by atoms with Gasteiger partial charge in [-0.25, -0.2) is 9.89 Å². The van der Waals surface area contributed by atoms with Gasteiger partial charge < -0.3 is 15.5 Å². The van der Waals surface area contributed by atoms with Crippen LogP contribution in [-0.4, -0.2) is 44.9 Å². The van der Waals surface area contributed by atoms with E-state index >= 15 is 0 Å². The molecule has 0 radical (unpaired) electrons. The molecule has 0 aliphatic rings. The number of rotatable bonds is 4. The number of aliphatic hydroxyl groups is 1. The van der Waals surface area contributed by atoms with E-state index in [-0.39, 0.29) is 11.1 Å². The summed E-state index contributed by atoms with van der Waals surface area (Å²) in [6, 6.07) is 4.87. The number of hydrogen-bond donors (Lipinski definition) is 4. The van der Waals surface area contributed by atoms with Crippen LogP contribution in [0, 0.1) is 0 Å². The predicted octanol–water partition coefficient (Wildman–Crippen LogP) is -0.902. The summed E-state index contributed by atoms with van der Waals surface area (Å²) in [6.45, 7) is -0.748. The van der Waals surface area contributed by atoms with Crippen molar-refractivity contribution >= 4 is 22.6 Å². The molecule has 1 aromatic heterocycles. The SMILES string of the molecule is O=C(N[C@H](CO)C(=O)O)c1n[nH]c(=O)c2ccccc12. The largest absolute Gasteiger partial charge is 0.480 e. The van der Waals surface area contributed by atoms with Gasteiger partial charge in [-0.2, -0.15) is 5.10 Å². The average Bonchev–Trinajstić information content (AvgIpc) is 2.45. The first-order chi connectivity index (χ1) is 9.54. The molecule has 2 rings (SSSR count). The average molecular weight is 277 g/mol. The van der Waals surface area contributed by atoms with Gasteiger partial charge >= 0.3 is 5.97 Å². The standard InChI is InChI=1S/C12H11N3O5/c16-5-8(12(19)20)13-11(18)9-6-3-1-2-4-7(6)10(17)15-14-9/h1-4,8,16H,5H2,(H,13,18)(H,15,17)(H,19,20)/t8-/m1/s1. The van der Waals surface area contributed by atoms with Crippen molar-refractivity contribution in [1.82, 2.24) is 15.5 Å². The number of nitrogens with zero attached hydrogens (tertiary/aromatic N) is 1. The van der Waals surface area contributed by atoms with Crippen molar-refractivity contribution in [3.05, 3.63) is 40.3 Å². The Morgan fingerprint density at radius 3 is 2.55 bits per heavy atom. The molecule has 8 heteroatoms. The Labute approximate surface area is 112 Å². The molecule has 1 amide bonds. The first-order valence-corrected chi connectivity index (χ1v) is 5.66. The van der Waals surface area contributed by atoms with Crippen molar-refractivity contribution in [3.63, 3.8) is 0 Å². The fraction of sp³-hybridized carbons (Fsp3) is 0.167. The number of fused-ring (bicyclic) bond motifs is 1. The van der Waals surface area contributed by atoms with Gasteiger partial charge in [0.05, 0.1) is 12.0 Å². The van der Waals surface area contributed by atoms with Crippen LogP contribution < -0.4 is 10.9 Å². The summed E-state index contributed by atoms with van der Waals surface area (Å²) < 4.78 is 0. The summed E-state index contributed by atoms with van der Waals surface area (Å²) in [5.74, 6) is -2.16. The van der Waals surface area contributed by atoms with Crippen LogP contribution in [-0.2, 0) is 4.79 Å². The zero-order chi connectivity index (χ0) is 14.7. The molecule has 0 aliphatic heterocycles. The highest BCUT2D eigenvalue weighted by Crippen LogP contribution is 2.12. The second-order valence-electron chi connectivity index (χ2n) is 3.99. The molecule has 0 saturated carbocycles. The molecule has 4 N–H and O–H groups in total. The van der Waals surface area contributed by atoms with Crippen LogP contribution in [0.2, 0.25) is 0 Å². The lowest BCUT2D eigenvalue weighted by molar-refractivity contribution is -0.140. The summed E-state index contributed by atoms with van der Waals surface area (Å²) in [5.41, 5.74) is -0.561. The summed E-state index contributed by atoms with van der Waals surface area (Å²) in [6.07, 6.45) is 0.